The van der Waals surface area contributed by atoms with E-state index in [4.69, 9.17) is 0 Å². The normalized spacial score (nSPS) is 45.7. The summed E-state index contributed by atoms with van der Waals surface area (Å²) < 4.78 is 0. The van der Waals surface area contributed by atoms with Crippen molar-refractivity contribution in [3.8, 4) is 0 Å². The van der Waals surface area contributed by atoms with E-state index in [1.54, 1.807) is 78.0 Å². The zero-order chi connectivity index (χ0) is 115. The van der Waals surface area contributed by atoms with Gasteiger partial charge in [-0.15, -0.1) is 0 Å². The lowest BCUT2D eigenvalue weighted by molar-refractivity contribution is -0.461. The van der Waals surface area contributed by atoms with Gasteiger partial charge in [0.15, 0.2) is 0 Å². The van der Waals surface area contributed by atoms with Crippen LogP contribution < -0.4 is 0 Å². The minimum absolute atomic E-state index is 0.230. The van der Waals surface area contributed by atoms with Crippen LogP contribution in [0.1, 0.15) is 589 Å². The standard InChI is InChI=1S/C22H42.C20H36.C19H36.2C18H30.C17H30.C15H28.C14H24/c1-15(2)17(5,6)21(13)19(9,10)16(3,4)20(11,12)22(21,14)18(15,7)8;1-13-14(2)19(11)17(7,8)16(5,6)18(9,10)20(19,12)15(13,3)4;1-13(2)14(3,4)18(11)16(7,8)19(12,15(13,5)6)17(18,9)10;1-11-13(3)17(9)16(7,8)12(2)14(4)18(17,10)15(11,5)6;1-11-13(3)17(9)14(4)12(2)16(7,8)18(17,10)15(11,5)6;1-11-12(2)17(10)15(7,8)13(3,4)14(5,6)16(11,17)9;1-10-11(2,3)15(9)12(4,5)14(10,8)13(15,6)7;1-9-10(2)14(8)11(3,4)13(9,7)12(14,5)6/h1-14H3;1-12H3;1-12H3;2*1-10H3;1-10H3;10H,1-9H3;1-8H3. The summed E-state index contributed by atoms with van der Waals surface area (Å²) in [5.41, 5.74) is 36.7. The Bertz CT molecular complexity index is 5160. The van der Waals surface area contributed by atoms with Gasteiger partial charge in [0.2, 0.25) is 0 Å². The molecule has 0 aromatic rings. The van der Waals surface area contributed by atoms with Crippen LogP contribution >= 0.6 is 0 Å². The van der Waals surface area contributed by atoms with Gasteiger partial charge in [-0.2, -0.15) is 0 Å². The third-order valence-electron chi connectivity index (χ3n) is 73.1. The lowest BCUT2D eigenvalue weighted by atomic mass is 9.11. The molecule has 6 bridgehead atoms. The van der Waals surface area contributed by atoms with E-state index in [0.29, 0.717) is 119 Å². The Hall–Kier alpha value is -1.82. The van der Waals surface area contributed by atoms with E-state index in [0.717, 1.165) is 5.92 Å². The second kappa shape index (κ2) is 29.9. The molecule has 0 radical (unpaired) electrons. The summed E-state index contributed by atoms with van der Waals surface area (Å²) in [7, 11) is 0. The Morgan fingerprint density at radius 3 is 0.469 bits per heavy atom. The monoisotopic (exact) mass is 1970 g/mol. The Kier molecular flexibility index (Phi) is 26.1. The molecular formula is C143H256. The van der Waals surface area contributed by atoms with Gasteiger partial charge in [0, 0.05) is 43.3 Å². The van der Waals surface area contributed by atoms with Crippen molar-refractivity contribution in [1.29, 1.82) is 0 Å². The molecule has 0 aromatic carbocycles. The third kappa shape index (κ3) is 10.3. The van der Waals surface area contributed by atoms with E-state index in [2.05, 4.69) is 589 Å². The number of hydrogen-bond donors (Lipinski definition) is 0. The molecule has 0 aliphatic heterocycles. The van der Waals surface area contributed by atoms with Crippen LogP contribution in [0, 0.1) is 239 Å². The first kappa shape index (κ1) is 125. The quantitative estimate of drug-likeness (QED) is 0.212. The smallest absolute Gasteiger partial charge is 0.0162 e. The summed E-state index contributed by atoms with van der Waals surface area (Å²) in [6.07, 6.45) is 0. The van der Waals surface area contributed by atoms with E-state index in [1.807, 2.05) is 0 Å². The maximum absolute atomic E-state index is 2.62. The highest BCUT2D eigenvalue weighted by atomic mass is 15.0. The van der Waals surface area contributed by atoms with Crippen LogP contribution in [0.25, 0.3) is 0 Å². The molecule has 0 heterocycles. The molecule has 0 amide bonds. The number of allylic oxidation sites excluding steroid dienone is 14. The van der Waals surface area contributed by atoms with Gasteiger partial charge in [0.05, 0.1) is 0 Å². The van der Waals surface area contributed by atoms with E-state index >= 15 is 0 Å². The molecular weight excluding hydrogens is 1720 g/mol. The van der Waals surface area contributed by atoms with Gasteiger partial charge in [-0.05, 0) is 292 Å². The second-order valence-corrected chi connectivity index (χ2v) is 71.5. The zero-order valence-corrected chi connectivity index (χ0v) is 114. The maximum Gasteiger partial charge on any atom is 0.0162 e. The van der Waals surface area contributed by atoms with Gasteiger partial charge in [-0.3, -0.25) is 0 Å². The van der Waals surface area contributed by atoms with Crippen molar-refractivity contribution in [1.82, 2.24) is 0 Å². The van der Waals surface area contributed by atoms with Crippen LogP contribution in [-0.4, -0.2) is 0 Å². The Morgan fingerprint density at radius 2 is 0.280 bits per heavy atom. The van der Waals surface area contributed by atoms with Crippen LogP contribution in [0.4, 0.5) is 0 Å². The van der Waals surface area contributed by atoms with Gasteiger partial charge < -0.3 is 0 Å². The molecule has 0 spiro atoms. The van der Waals surface area contributed by atoms with Crippen LogP contribution in [0.3, 0.4) is 0 Å². The first-order valence-electron chi connectivity index (χ1n) is 59.2. The zero-order valence-electron chi connectivity index (χ0n) is 114. The van der Waals surface area contributed by atoms with E-state index in [1.165, 1.54) is 0 Å². The van der Waals surface area contributed by atoms with E-state index in [-0.39, 0.29) is 114 Å². The van der Waals surface area contributed by atoms with Gasteiger partial charge in [0.1, 0.15) is 0 Å². The summed E-state index contributed by atoms with van der Waals surface area (Å²) in [6.45, 7) is 211. The van der Waals surface area contributed by atoms with Gasteiger partial charge in [-0.25, -0.2) is 0 Å². The molecule has 11 saturated carbocycles. The summed E-state index contributed by atoms with van der Waals surface area (Å²) in [5, 5.41) is 0. The third-order valence-corrected chi connectivity index (χ3v) is 73.1. The first-order chi connectivity index (χ1) is 61.4. The van der Waals surface area contributed by atoms with Crippen LogP contribution in [-0.2, 0) is 0 Å². The van der Waals surface area contributed by atoms with Crippen molar-refractivity contribution in [3.05, 3.63) is 83.4 Å². The fourth-order valence-electron chi connectivity index (χ4n) is 50.6. The minimum Gasteiger partial charge on any atom is -0.0676 e. The average Bonchev–Trinajstić information content (AvgIpc) is 1.59. The van der Waals surface area contributed by atoms with Gasteiger partial charge >= 0.3 is 0 Å². The predicted molar refractivity (Wildman–Crippen MR) is 640 cm³/mol. The number of rotatable bonds is 0. The van der Waals surface area contributed by atoms with Crippen LogP contribution in [0.2, 0.25) is 0 Å². The molecule has 19 aliphatic carbocycles. The van der Waals surface area contributed by atoms with Crippen molar-refractivity contribution in [2.24, 2.45) is 233 Å². The highest BCUT2D eigenvalue weighted by Gasteiger charge is 2.94. The number of fused-ring (bicyclic) bond motifs is 8. The number of hydrogen-bond acceptors (Lipinski definition) is 0. The van der Waals surface area contributed by atoms with E-state index in [9.17, 15) is 0 Å². The lowest BCUT2D eigenvalue weighted by Gasteiger charge is -2.93. The molecule has 0 aromatic heterocycles. The molecule has 7 atom stereocenters. The molecule has 0 saturated heterocycles. The summed E-state index contributed by atoms with van der Waals surface area (Å²) in [5.74, 6) is 0.806. The molecule has 828 valence electrons. The predicted octanol–water partition coefficient (Wildman–Crippen LogP) is 46.0. The maximum atomic E-state index is 2.62. The first-order valence-corrected chi connectivity index (χ1v) is 59.2. The summed E-state index contributed by atoms with van der Waals surface area (Å²) in [4.78, 5) is 0. The highest BCUT2D eigenvalue weighted by Crippen LogP contribution is 2.99. The lowest BCUT2D eigenvalue weighted by Crippen LogP contribution is -2.88. The van der Waals surface area contributed by atoms with Crippen molar-refractivity contribution in [2.45, 2.75) is 589 Å². The van der Waals surface area contributed by atoms with Crippen LogP contribution in [0.5, 0.6) is 0 Å². The molecule has 7 unspecified atom stereocenters. The average molecular weight is 1980 g/mol. The Labute approximate surface area is 899 Å². The Morgan fingerprint density at radius 1 is 0.112 bits per heavy atom. The fraction of sp³-hybridized carbons (Fsp3) is 0.902. The van der Waals surface area contributed by atoms with Crippen molar-refractivity contribution < 1.29 is 0 Å². The molecule has 19 rings (SSSR count). The van der Waals surface area contributed by atoms with Gasteiger partial charge in [0.25, 0.3) is 0 Å². The molecule has 0 nitrogen and oxygen atoms in total. The van der Waals surface area contributed by atoms with Gasteiger partial charge in [-0.1, -0.05) is 570 Å². The fourth-order valence-corrected chi connectivity index (χ4v) is 50.6. The molecule has 0 heteroatoms. The molecule has 19 aliphatic rings. The molecule has 0 N–H and O–H groups in total. The van der Waals surface area contributed by atoms with E-state index < -0.39 is 0 Å². The van der Waals surface area contributed by atoms with Crippen molar-refractivity contribution in [3.63, 3.8) is 0 Å². The second-order valence-electron chi connectivity index (χ2n) is 71.5. The van der Waals surface area contributed by atoms with Crippen molar-refractivity contribution >= 4 is 0 Å². The van der Waals surface area contributed by atoms with Crippen molar-refractivity contribution in [2.75, 3.05) is 0 Å². The topological polar surface area (TPSA) is 0 Å². The summed E-state index contributed by atoms with van der Waals surface area (Å²) in [6, 6.07) is 0. The SMILES string of the molecule is CC1(C)C(C)(C)C2(C)C(C)(C)C(C)(C)C(C)(C)C2(C)C1(C)C.CC1(C)C(C)(C)C2(C)C(C)(C)C(C)(C1(C)C)C2(C)C.CC1=C(C)C2(C)C(C)(C)C(C)(C)C(C)(C)C12C.CC1=C(C)C2(C)C(C)(C)C(C)(C)C(C)(C)C2(C)C1(C)C.CC1=C(C)C2(C)C(C)(C)C(C)=C(C)C2(C)C1(C)C.CC1=C(C)C2(C)C(C)(C)C1(C)C2(C)C.CC1=C(C)C2(C)C(C)=C(C)C(C)(C)C2(C)C1(C)C.CC1C(C)(C)C2(C)C(C)(C)C1(C)C2(C)C. The highest BCUT2D eigenvalue weighted by molar-refractivity contribution is 5.58. The molecule has 11 fully saturated rings. The minimum atomic E-state index is 0.230. The Balaban J connectivity index is 0.000000183. The van der Waals surface area contributed by atoms with Crippen LogP contribution in [0.15, 0.2) is 78.0 Å². The largest absolute Gasteiger partial charge is 0.0676 e. The summed E-state index contributed by atoms with van der Waals surface area (Å²) >= 11 is 0. The molecule has 143 heavy (non-hydrogen) atoms.